The van der Waals surface area contributed by atoms with Crippen LogP contribution in [0, 0.1) is 5.41 Å². The molecule has 0 saturated heterocycles. The lowest BCUT2D eigenvalue weighted by Crippen LogP contribution is -2.49. The van der Waals surface area contributed by atoms with Gasteiger partial charge in [0, 0.05) is 0 Å². The van der Waals surface area contributed by atoms with Crippen molar-refractivity contribution in [1.29, 1.82) is 0 Å². The van der Waals surface area contributed by atoms with E-state index in [0.717, 1.165) is 0 Å². The third-order valence-electron chi connectivity index (χ3n) is 3.60. The third-order valence-corrected chi connectivity index (χ3v) is 4.05. The first kappa shape index (κ1) is 17.1. The zero-order valence-corrected chi connectivity index (χ0v) is 13.2. The van der Waals surface area contributed by atoms with Crippen LogP contribution in [0.2, 0.25) is 0 Å². The predicted molar refractivity (Wildman–Crippen MR) is 84.5 cm³/mol. The fourth-order valence-corrected chi connectivity index (χ4v) is 2.02. The van der Waals surface area contributed by atoms with Crippen molar-refractivity contribution in [1.82, 2.24) is 5.32 Å². The van der Waals surface area contributed by atoms with Crippen molar-refractivity contribution in [3.63, 3.8) is 0 Å². The molecular weight excluding hydrogens is 288 g/mol. The van der Waals surface area contributed by atoms with Gasteiger partial charge in [0.1, 0.15) is 0 Å². The highest BCUT2D eigenvalue weighted by Gasteiger charge is 2.37. The van der Waals surface area contributed by atoms with E-state index in [9.17, 15) is 9.59 Å². The van der Waals surface area contributed by atoms with Crippen LogP contribution in [-0.4, -0.2) is 24.0 Å². The summed E-state index contributed by atoms with van der Waals surface area (Å²) in [6.45, 7) is 3.47. The van der Waals surface area contributed by atoms with E-state index < -0.39 is 23.3 Å². The Hall–Kier alpha value is -1.95. The number of hydrogen-bond donors (Lipinski definition) is 2. The van der Waals surface area contributed by atoms with Crippen molar-refractivity contribution < 1.29 is 14.3 Å². The van der Waals surface area contributed by atoms with Crippen molar-refractivity contribution in [3.8, 4) is 0 Å². The molecule has 3 N–H and O–H groups in total. The molecule has 0 bridgehead atoms. The summed E-state index contributed by atoms with van der Waals surface area (Å²) in [5, 5.41) is 2.68. The summed E-state index contributed by atoms with van der Waals surface area (Å²) in [5.74, 6) is -0.937. The van der Waals surface area contributed by atoms with Crippen molar-refractivity contribution >= 4 is 29.1 Å². The van der Waals surface area contributed by atoms with Crippen molar-refractivity contribution in [2.45, 2.75) is 26.3 Å². The molecule has 21 heavy (non-hydrogen) atoms. The maximum absolute atomic E-state index is 12.5. The van der Waals surface area contributed by atoms with Gasteiger partial charge < -0.3 is 15.8 Å². The van der Waals surface area contributed by atoms with Crippen LogP contribution in [0.5, 0.6) is 0 Å². The monoisotopic (exact) mass is 308 g/mol. The Morgan fingerprint density at radius 3 is 2.38 bits per heavy atom. The van der Waals surface area contributed by atoms with Gasteiger partial charge in [0.05, 0.1) is 17.5 Å². The molecule has 0 fully saturated rings. The quantitative estimate of drug-likeness (QED) is 0.618. The van der Waals surface area contributed by atoms with Crippen LogP contribution < -0.4 is 11.1 Å². The van der Waals surface area contributed by atoms with E-state index in [1.165, 1.54) is 7.11 Å². The smallest absolute Gasteiger partial charge is 0.333 e. The molecule has 1 amide bonds. The van der Waals surface area contributed by atoms with Gasteiger partial charge in [-0.3, -0.25) is 4.79 Å². The van der Waals surface area contributed by atoms with Crippen LogP contribution in [-0.2, 0) is 14.3 Å². The van der Waals surface area contributed by atoms with Crippen LogP contribution in [0.3, 0.4) is 0 Å². The average Bonchev–Trinajstić information content (AvgIpc) is 2.51. The van der Waals surface area contributed by atoms with Gasteiger partial charge in [0.25, 0.3) is 0 Å². The minimum atomic E-state index is -1.00. The molecule has 5 nitrogen and oxygen atoms in total. The Bertz CT molecular complexity index is 533. The number of ether oxygens (including phenoxy) is 1. The lowest BCUT2D eigenvalue weighted by molar-refractivity contribution is -0.146. The second-order valence-corrected chi connectivity index (χ2v) is 5.33. The summed E-state index contributed by atoms with van der Waals surface area (Å²) in [6, 6.07) is 7.99. The zero-order chi connectivity index (χ0) is 16.0. The molecule has 0 aliphatic heterocycles. The summed E-state index contributed by atoms with van der Waals surface area (Å²) < 4.78 is 4.76. The SMILES string of the molecule is CCC(C)(C(=O)NC(C(=O)OC)c1ccccc1)C(N)=S. The maximum atomic E-state index is 12.5. The third kappa shape index (κ3) is 3.78. The van der Waals surface area contributed by atoms with E-state index in [2.05, 4.69) is 5.32 Å². The molecule has 0 heterocycles. The molecule has 6 heteroatoms. The van der Waals surface area contributed by atoms with Crippen LogP contribution in [0.25, 0.3) is 0 Å². The summed E-state index contributed by atoms with van der Waals surface area (Å²) >= 11 is 4.97. The van der Waals surface area contributed by atoms with Gasteiger partial charge in [0.2, 0.25) is 5.91 Å². The van der Waals surface area contributed by atoms with Gasteiger partial charge in [-0.05, 0) is 18.9 Å². The van der Waals surface area contributed by atoms with E-state index in [4.69, 9.17) is 22.7 Å². The predicted octanol–water partition coefficient (Wildman–Crippen LogP) is 1.72. The van der Waals surface area contributed by atoms with E-state index in [-0.39, 0.29) is 4.99 Å². The van der Waals surface area contributed by atoms with Crippen LogP contribution in [0.15, 0.2) is 30.3 Å². The molecule has 2 atom stereocenters. The van der Waals surface area contributed by atoms with Crippen molar-refractivity contribution in [3.05, 3.63) is 35.9 Å². The molecule has 1 aromatic carbocycles. The Morgan fingerprint density at radius 1 is 1.38 bits per heavy atom. The number of nitrogens with two attached hydrogens (primary N) is 1. The fraction of sp³-hybridized carbons (Fsp3) is 0.400. The van der Waals surface area contributed by atoms with Crippen molar-refractivity contribution in [2.24, 2.45) is 11.1 Å². The highest BCUT2D eigenvalue weighted by Crippen LogP contribution is 2.24. The number of carbonyl (C=O) groups is 2. The molecule has 2 unspecified atom stereocenters. The summed E-state index contributed by atoms with van der Waals surface area (Å²) in [6.07, 6.45) is 0.441. The Morgan fingerprint density at radius 2 is 1.95 bits per heavy atom. The Balaban J connectivity index is 3.06. The number of rotatable bonds is 6. The Kier molecular flexibility index (Phi) is 5.84. The summed E-state index contributed by atoms with van der Waals surface area (Å²) in [4.78, 5) is 24.5. The van der Waals surface area contributed by atoms with Crippen molar-refractivity contribution in [2.75, 3.05) is 7.11 Å². The lowest BCUT2D eigenvalue weighted by atomic mass is 9.86. The molecule has 0 aliphatic rings. The highest BCUT2D eigenvalue weighted by molar-refractivity contribution is 7.80. The molecule has 1 rings (SSSR count). The number of carbonyl (C=O) groups excluding carboxylic acids is 2. The number of nitrogens with one attached hydrogen (secondary N) is 1. The second-order valence-electron chi connectivity index (χ2n) is 4.89. The minimum Gasteiger partial charge on any atom is -0.467 e. The molecular formula is C15H20N2O3S. The van der Waals surface area contributed by atoms with E-state index in [0.29, 0.717) is 12.0 Å². The second kappa shape index (κ2) is 7.17. The number of esters is 1. The largest absolute Gasteiger partial charge is 0.467 e. The van der Waals surface area contributed by atoms with E-state index >= 15 is 0 Å². The highest BCUT2D eigenvalue weighted by atomic mass is 32.1. The number of benzene rings is 1. The number of thiocarbonyl (C=S) groups is 1. The maximum Gasteiger partial charge on any atom is 0.333 e. The first-order valence-corrected chi connectivity index (χ1v) is 7.01. The summed E-state index contributed by atoms with van der Waals surface area (Å²) in [5.41, 5.74) is 5.29. The summed E-state index contributed by atoms with van der Waals surface area (Å²) in [7, 11) is 1.27. The minimum absolute atomic E-state index is 0.0965. The first-order valence-electron chi connectivity index (χ1n) is 6.60. The number of methoxy groups -OCH3 is 1. The standard InChI is InChI=1S/C15H20N2O3S/c1-4-15(2,13(16)21)14(19)17-11(12(18)20-3)10-8-6-5-7-9-10/h5-9,11H,4H2,1-3H3,(H2,16,21)(H,17,19). The molecule has 0 aliphatic carbocycles. The van der Waals surface area contributed by atoms with Gasteiger partial charge in [-0.15, -0.1) is 0 Å². The first-order chi connectivity index (χ1) is 9.86. The lowest BCUT2D eigenvalue weighted by Gasteiger charge is -2.28. The van der Waals surface area contributed by atoms with Gasteiger partial charge in [-0.1, -0.05) is 49.5 Å². The molecule has 1 aromatic rings. The van der Waals surface area contributed by atoms with Gasteiger partial charge >= 0.3 is 5.97 Å². The molecule has 0 radical (unpaired) electrons. The van der Waals surface area contributed by atoms with Gasteiger partial charge in [-0.2, -0.15) is 0 Å². The van der Waals surface area contributed by atoms with Crippen LogP contribution in [0.1, 0.15) is 31.9 Å². The number of hydrogen-bond acceptors (Lipinski definition) is 4. The number of amides is 1. The van der Waals surface area contributed by atoms with Gasteiger partial charge in [-0.25, -0.2) is 4.79 Å². The zero-order valence-electron chi connectivity index (χ0n) is 12.4. The average molecular weight is 308 g/mol. The normalized spacial score (nSPS) is 14.6. The molecule has 114 valence electrons. The van der Waals surface area contributed by atoms with Crippen LogP contribution >= 0.6 is 12.2 Å². The molecule has 0 saturated carbocycles. The van der Waals surface area contributed by atoms with E-state index in [1.807, 2.05) is 13.0 Å². The van der Waals surface area contributed by atoms with E-state index in [1.54, 1.807) is 31.2 Å². The molecule has 0 spiro atoms. The topological polar surface area (TPSA) is 81.4 Å². The Labute approximate surface area is 129 Å². The van der Waals surface area contributed by atoms with Crippen LogP contribution in [0.4, 0.5) is 0 Å². The molecule has 0 aromatic heterocycles. The van der Waals surface area contributed by atoms with Gasteiger partial charge in [0.15, 0.2) is 6.04 Å². The fourth-order valence-electron chi connectivity index (χ4n) is 1.78.